The maximum absolute atomic E-state index is 12.0. The molecule has 8 nitrogen and oxygen atoms in total. The van der Waals surface area contributed by atoms with Crippen LogP contribution in [0, 0.1) is 5.41 Å². The van der Waals surface area contributed by atoms with Crippen molar-refractivity contribution >= 4 is 23.8 Å². The molecule has 1 fully saturated rings. The van der Waals surface area contributed by atoms with Gasteiger partial charge in [-0.3, -0.25) is 19.3 Å². The monoisotopic (exact) mass is 299 g/mol. The van der Waals surface area contributed by atoms with Crippen molar-refractivity contribution in [1.82, 2.24) is 15.1 Å². The number of aliphatic carboxylic acids is 1. The SMILES string of the molecule is CN1CC(=O)N(CC(=O)NC(CC(=O)O)C(C)(C)C)C1=O. The first kappa shape index (κ1) is 16.9. The zero-order chi connectivity index (χ0) is 16.4. The lowest BCUT2D eigenvalue weighted by molar-refractivity contribution is -0.139. The number of amides is 4. The van der Waals surface area contributed by atoms with Crippen molar-refractivity contribution in [3.8, 4) is 0 Å². The lowest BCUT2D eigenvalue weighted by atomic mass is 9.84. The van der Waals surface area contributed by atoms with Crippen LogP contribution in [0.2, 0.25) is 0 Å². The Morgan fingerprint density at radius 3 is 2.29 bits per heavy atom. The lowest BCUT2D eigenvalue weighted by Crippen LogP contribution is -2.49. The second-order valence-corrected chi connectivity index (χ2v) is 6.20. The van der Waals surface area contributed by atoms with Gasteiger partial charge in [0.05, 0.1) is 6.42 Å². The van der Waals surface area contributed by atoms with E-state index in [1.165, 1.54) is 11.9 Å². The predicted octanol–water partition coefficient (Wildman–Crippen LogP) is -0.114. The molecule has 1 aliphatic heterocycles. The first-order valence-corrected chi connectivity index (χ1v) is 6.59. The molecule has 0 aromatic carbocycles. The molecule has 2 N–H and O–H groups in total. The molecule has 0 aromatic rings. The van der Waals surface area contributed by atoms with Gasteiger partial charge in [0.2, 0.25) is 5.91 Å². The largest absolute Gasteiger partial charge is 0.481 e. The molecule has 0 radical (unpaired) electrons. The minimum atomic E-state index is -1.02. The van der Waals surface area contributed by atoms with Crippen molar-refractivity contribution in [2.24, 2.45) is 5.41 Å². The van der Waals surface area contributed by atoms with Crippen LogP contribution in [-0.2, 0) is 14.4 Å². The fourth-order valence-corrected chi connectivity index (χ4v) is 1.96. The quantitative estimate of drug-likeness (QED) is 0.689. The van der Waals surface area contributed by atoms with Crippen LogP contribution in [0.4, 0.5) is 4.79 Å². The van der Waals surface area contributed by atoms with Gasteiger partial charge in [0, 0.05) is 13.1 Å². The highest BCUT2D eigenvalue weighted by atomic mass is 16.4. The summed E-state index contributed by atoms with van der Waals surface area (Å²) in [6.07, 6.45) is -0.225. The van der Waals surface area contributed by atoms with Crippen molar-refractivity contribution in [3.63, 3.8) is 0 Å². The summed E-state index contributed by atoms with van der Waals surface area (Å²) < 4.78 is 0. The van der Waals surface area contributed by atoms with Gasteiger partial charge in [-0.15, -0.1) is 0 Å². The van der Waals surface area contributed by atoms with E-state index in [0.717, 1.165) is 4.90 Å². The molecule has 118 valence electrons. The van der Waals surface area contributed by atoms with Crippen LogP contribution in [0.25, 0.3) is 0 Å². The van der Waals surface area contributed by atoms with E-state index >= 15 is 0 Å². The van der Waals surface area contributed by atoms with Gasteiger partial charge in [-0.2, -0.15) is 0 Å². The molecule has 0 aromatic heterocycles. The van der Waals surface area contributed by atoms with Gasteiger partial charge < -0.3 is 15.3 Å². The van der Waals surface area contributed by atoms with E-state index < -0.39 is 41.8 Å². The summed E-state index contributed by atoms with van der Waals surface area (Å²) in [7, 11) is 1.47. The molecule has 8 heteroatoms. The highest BCUT2D eigenvalue weighted by molar-refractivity contribution is 6.04. The van der Waals surface area contributed by atoms with E-state index in [2.05, 4.69) is 5.32 Å². The number of imide groups is 1. The summed E-state index contributed by atoms with van der Waals surface area (Å²) in [5, 5.41) is 11.5. The summed E-state index contributed by atoms with van der Waals surface area (Å²) in [5.74, 6) is -2.01. The summed E-state index contributed by atoms with van der Waals surface area (Å²) in [6.45, 7) is 4.97. The second-order valence-electron chi connectivity index (χ2n) is 6.20. The van der Waals surface area contributed by atoms with Crippen LogP contribution in [0.1, 0.15) is 27.2 Å². The van der Waals surface area contributed by atoms with E-state index in [4.69, 9.17) is 5.11 Å². The second kappa shape index (κ2) is 6.11. The molecular weight excluding hydrogens is 278 g/mol. The van der Waals surface area contributed by atoms with Crippen LogP contribution < -0.4 is 5.32 Å². The normalized spacial score (nSPS) is 17.1. The Hall–Kier alpha value is -2.12. The van der Waals surface area contributed by atoms with Crippen LogP contribution in [-0.4, -0.2) is 64.9 Å². The Bertz CT molecular complexity index is 469. The van der Waals surface area contributed by atoms with Gasteiger partial charge in [-0.25, -0.2) is 4.79 Å². The zero-order valence-electron chi connectivity index (χ0n) is 12.7. The summed E-state index contributed by atoms with van der Waals surface area (Å²) in [6, 6.07) is -1.12. The van der Waals surface area contributed by atoms with E-state index in [9.17, 15) is 19.2 Å². The third-order valence-electron chi connectivity index (χ3n) is 3.29. The van der Waals surface area contributed by atoms with Gasteiger partial charge in [-0.1, -0.05) is 20.8 Å². The lowest BCUT2D eigenvalue weighted by Gasteiger charge is -2.30. The number of nitrogens with one attached hydrogen (secondary N) is 1. The molecular formula is C13H21N3O5. The molecule has 1 saturated heterocycles. The molecule has 0 spiro atoms. The molecule has 1 rings (SSSR count). The van der Waals surface area contributed by atoms with E-state index in [-0.39, 0.29) is 13.0 Å². The fraction of sp³-hybridized carbons (Fsp3) is 0.692. The topological polar surface area (TPSA) is 107 Å². The molecule has 21 heavy (non-hydrogen) atoms. The Labute approximate surface area is 123 Å². The predicted molar refractivity (Wildman–Crippen MR) is 73.4 cm³/mol. The number of carboxylic acid groups (broad SMARTS) is 1. The van der Waals surface area contributed by atoms with E-state index in [1.807, 2.05) is 0 Å². The highest BCUT2D eigenvalue weighted by Crippen LogP contribution is 2.22. The third kappa shape index (κ3) is 4.44. The number of nitrogens with zero attached hydrogens (tertiary/aromatic N) is 2. The maximum Gasteiger partial charge on any atom is 0.327 e. The Balaban J connectivity index is 2.68. The van der Waals surface area contributed by atoms with Crippen LogP contribution in [0.3, 0.4) is 0 Å². The van der Waals surface area contributed by atoms with Gasteiger partial charge in [0.1, 0.15) is 13.1 Å². The van der Waals surface area contributed by atoms with Crippen molar-refractivity contribution in [2.45, 2.75) is 33.2 Å². The number of carboxylic acids is 1. The molecule has 1 heterocycles. The average Bonchev–Trinajstić information content (AvgIpc) is 2.53. The zero-order valence-corrected chi connectivity index (χ0v) is 12.7. The number of rotatable bonds is 5. The van der Waals surface area contributed by atoms with Crippen LogP contribution in [0.5, 0.6) is 0 Å². The Morgan fingerprint density at radius 2 is 1.90 bits per heavy atom. The molecule has 0 aliphatic carbocycles. The summed E-state index contributed by atoms with van der Waals surface area (Å²) in [4.78, 5) is 48.1. The minimum absolute atomic E-state index is 0.0516. The molecule has 1 unspecified atom stereocenters. The van der Waals surface area contributed by atoms with Crippen molar-refractivity contribution in [1.29, 1.82) is 0 Å². The molecule has 1 atom stereocenters. The van der Waals surface area contributed by atoms with Crippen molar-refractivity contribution in [3.05, 3.63) is 0 Å². The Kier molecular flexibility index (Phi) is 4.93. The third-order valence-corrected chi connectivity index (χ3v) is 3.29. The fourth-order valence-electron chi connectivity index (χ4n) is 1.96. The minimum Gasteiger partial charge on any atom is -0.481 e. The summed E-state index contributed by atoms with van der Waals surface area (Å²) >= 11 is 0. The first-order valence-electron chi connectivity index (χ1n) is 6.59. The smallest absolute Gasteiger partial charge is 0.327 e. The molecule has 1 aliphatic rings. The number of hydrogen-bond acceptors (Lipinski definition) is 4. The number of likely N-dealkylation sites (N-methyl/N-ethyl adjacent to an activating group) is 1. The van der Waals surface area contributed by atoms with Gasteiger partial charge in [0.25, 0.3) is 5.91 Å². The standard InChI is InChI=1S/C13H21N3O5/c1-13(2,3)8(5-11(19)20)14-9(17)6-16-10(18)7-15(4)12(16)21/h8H,5-7H2,1-4H3,(H,14,17)(H,19,20). The van der Waals surface area contributed by atoms with Crippen LogP contribution in [0.15, 0.2) is 0 Å². The molecule has 4 amide bonds. The number of carbonyl (C=O) groups excluding carboxylic acids is 3. The van der Waals surface area contributed by atoms with Crippen molar-refractivity contribution < 1.29 is 24.3 Å². The van der Waals surface area contributed by atoms with Gasteiger partial charge in [0.15, 0.2) is 0 Å². The molecule has 0 bridgehead atoms. The van der Waals surface area contributed by atoms with Crippen LogP contribution >= 0.6 is 0 Å². The maximum atomic E-state index is 12.0. The van der Waals surface area contributed by atoms with E-state index in [1.54, 1.807) is 20.8 Å². The average molecular weight is 299 g/mol. The van der Waals surface area contributed by atoms with Crippen molar-refractivity contribution in [2.75, 3.05) is 20.1 Å². The van der Waals surface area contributed by atoms with E-state index in [0.29, 0.717) is 0 Å². The Morgan fingerprint density at radius 1 is 1.33 bits per heavy atom. The van der Waals surface area contributed by atoms with Gasteiger partial charge in [-0.05, 0) is 5.41 Å². The number of carbonyl (C=O) groups is 4. The number of hydrogen-bond donors (Lipinski definition) is 2. The highest BCUT2D eigenvalue weighted by Gasteiger charge is 2.36. The summed E-state index contributed by atoms with van der Waals surface area (Å²) in [5.41, 5.74) is -0.454. The first-order chi connectivity index (χ1) is 9.52. The molecule has 0 saturated carbocycles. The van der Waals surface area contributed by atoms with Gasteiger partial charge >= 0.3 is 12.0 Å². The number of urea groups is 1.